The Labute approximate surface area is 143 Å². The van der Waals surface area contributed by atoms with Gasteiger partial charge in [0.2, 0.25) is 15.9 Å². The molecular formula is C17H23N3O3S. The van der Waals surface area contributed by atoms with E-state index in [4.69, 9.17) is 5.26 Å². The minimum atomic E-state index is -3.81. The van der Waals surface area contributed by atoms with Crippen molar-refractivity contribution in [2.24, 2.45) is 5.92 Å². The Morgan fingerprint density at radius 2 is 1.96 bits per heavy atom. The summed E-state index contributed by atoms with van der Waals surface area (Å²) in [5.41, 5.74) is 0.400. The van der Waals surface area contributed by atoms with Crippen molar-refractivity contribution in [3.8, 4) is 6.07 Å². The zero-order chi connectivity index (χ0) is 17.7. The van der Waals surface area contributed by atoms with Gasteiger partial charge in [-0.05, 0) is 49.4 Å². The van der Waals surface area contributed by atoms with E-state index in [1.165, 1.54) is 28.6 Å². The lowest BCUT2D eigenvalue weighted by Crippen LogP contribution is -2.49. The maximum Gasteiger partial charge on any atom is 0.243 e. The van der Waals surface area contributed by atoms with Crippen LogP contribution in [-0.4, -0.2) is 37.8 Å². The normalized spacial score (nSPS) is 19.0. The molecule has 1 aromatic carbocycles. The molecule has 0 aliphatic carbocycles. The van der Waals surface area contributed by atoms with Crippen LogP contribution in [0.25, 0.3) is 0 Å². The van der Waals surface area contributed by atoms with Crippen molar-refractivity contribution in [3.63, 3.8) is 0 Å². The van der Waals surface area contributed by atoms with Gasteiger partial charge in [-0.3, -0.25) is 4.79 Å². The Kier molecular flexibility index (Phi) is 5.97. The van der Waals surface area contributed by atoms with Crippen molar-refractivity contribution in [1.82, 2.24) is 9.62 Å². The molecule has 1 fully saturated rings. The molecule has 0 aromatic heterocycles. The predicted octanol–water partition coefficient (Wildman–Crippen LogP) is 1.87. The molecule has 1 amide bonds. The van der Waals surface area contributed by atoms with Crippen LogP contribution in [0, 0.1) is 17.2 Å². The summed E-state index contributed by atoms with van der Waals surface area (Å²) in [7, 11) is -3.81. The lowest BCUT2D eigenvalue weighted by molar-refractivity contribution is -0.124. The van der Waals surface area contributed by atoms with Gasteiger partial charge in [0.1, 0.15) is 6.04 Å². The summed E-state index contributed by atoms with van der Waals surface area (Å²) < 4.78 is 27.5. The molecule has 1 saturated heterocycles. The van der Waals surface area contributed by atoms with Gasteiger partial charge in [0.05, 0.1) is 16.5 Å². The highest BCUT2D eigenvalue weighted by molar-refractivity contribution is 7.89. The third-order valence-corrected chi connectivity index (χ3v) is 5.88. The van der Waals surface area contributed by atoms with E-state index in [9.17, 15) is 13.2 Å². The summed E-state index contributed by atoms with van der Waals surface area (Å²) in [6.07, 6.45) is 2.18. The molecule has 0 saturated carbocycles. The Balaban J connectivity index is 2.41. The van der Waals surface area contributed by atoms with E-state index in [1.54, 1.807) is 0 Å². The van der Waals surface area contributed by atoms with Crippen molar-refractivity contribution in [2.75, 3.05) is 13.1 Å². The second-order valence-electron chi connectivity index (χ2n) is 6.41. The van der Waals surface area contributed by atoms with Crippen molar-refractivity contribution in [3.05, 3.63) is 29.8 Å². The molecule has 1 unspecified atom stereocenters. The number of amides is 1. The lowest BCUT2D eigenvalue weighted by Gasteiger charge is -2.30. The summed E-state index contributed by atoms with van der Waals surface area (Å²) >= 11 is 0. The van der Waals surface area contributed by atoms with Gasteiger partial charge in [-0.2, -0.15) is 9.57 Å². The molecule has 6 nitrogen and oxygen atoms in total. The highest BCUT2D eigenvalue weighted by atomic mass is 32.2. The molecule has 0 radical (unpaired) electrons. The van der Waals surface area contributed by atoms with Gasteiger partial charge in [-0.15, -0.1) is 0 Å². The largest absolute Gasteiger partial charge is 0.355 e. The lowest BCUT2D eigenvalue weighted by atomic mass is 10.1. The molecular weight excluding hydrogens is 326 g/mol. The van der Waals surface area contributed by atoms with Crippen LogP contribution in [0.15, 0.2) is 29.2 Å². The SMILES string of the molecule is CC(C)CN(C1CCCCNC1=O)S(=O)(=O)c1ccc(C#N)cc1. The minimum Gasteiger partial charge on any atom is -0.355 e. The van der Waals surface area contributed by atoms with Crippen LogP contribution in [0.1, 0.15) is 38.7 Å². The fourth-order valence-electron chi connectivity index (χ4n) is 2.79. The van der Waals surface area contributed by atoms with Gasteiger partial charge < -0.3 is 5.32 Å². The molecule has 1 heterocycles. The summed E-state index contributed by atoms with van der Waals surface area (Å²) in [4.78, 5) is 12.5. The first-order valence-electron chi connectivity index (χ1n) is 8.16. The molecule has 24 heavy (non-hydrogen) atoms. The summed E-state index contributed by atoms with van der Waals surface area (Å²) in [6, 6.07) is 7.10. The first-order valence-corrected chi connectivity index (χ1v) is 9.60. The maximum absolute atomic E-state index is 13.1. The van der Waals surface area contributed by atoms with Gasteiger partial charge in [0.15, 0.2) is 0 Å². The van der Waals surface area contributed by atoms with Crippen LogP contribution < -0.4 is 5.32 Å². The van der Waals surface area contributed by atoms with E-state index in [-0.39, 0.29) is 23.3 Å². The number of hydrogen-bond acceptors (Lipinski definition) is 4. The summed E-state index contributed by atoms with van der Waals surface area (Å²) in [5, 5.41) is 11.7. The van der Waals surface area contributed by atoms with Crippen LogP contribution in [0.2, 0.25) is 0 Å². The Bertz CT molecular complexity index is 720. The van der Waals surface area contributed by atoms with Crippen molar-refractivity contribution in [2.45, 2.75) is 44.0 Å². The first kappa shape index (κ1) is 18.4. The van der Waals surface area contributed by atoms with E-state index < -0.39 is 16.1 Å². The van der Waals surface area contributed by atoms with Gasteiger partial charge in [-0.25, -0.2) is 8.42 Å². The maximum atomic E-state index is 13.1. The molecule has 1 aliphatic rings. The Morgan fingerprint density at radius 3 is 2.54 bits per heavy atom. The van der Waals surface area contributed by atoms with Crippen molar-refractivity contribution >= 4 is 15.9 Å². The number of hydrogen-bond donors (Lipinski definition) is 1. The van der Waals surface area contributed by atoms with E-state index in [0.717, 1.165) is 12.8 Å². The second-order valence-corrected chi connectivity index (χ2v) is 8.30. The van der Waals surface area contributed by atoms with Crippen molar-refractivity contribution in [1.29, 1.82) is 5.26 Å². The molecule has 1 aromatic rings. The molecule has 130 valence electrons. The third kappa shape index (κ3) is 4.13. The number of nitrogens with one attached hydrogen (secondary N) is 1. The molecule has 7 heteroatoms. The molecule has 2 rings (SSSR count). The topological polar surface area (TPSA) is 90.3 Å². The average molecular weight is 349 g/mol. The van der Waals surface area contributed by atoms with Crippen LogP contribution in [0.4, 0.5) is 0 Å². The number of benzene rings is 1. The van der Waals surface area contributed by atoms with Gasteiger partial charge >= 0.3 is 0 Å². The number of nitriles is 1. The second kappa shape index (κ2) is 7.77. The molecule has 0 spiro atoms. The van der Waals surface area contributed by atoms with Gasteiger partial charge in [0, 0.05) is 13.1 Å². The van der Waals surface area contributed by atoms with Crippen LogP contribution in [0.5, 0.6) is 0 Å². The Hall–Kier alpha value is -1.91. The quantitative estimate of drug-likeness (QED) is 0.879. The van der Waals surface area contributed by atoms with E-state index in [0.29, 0.717) is 18.5 Å². The number of sulfonamides is 1. The van der Waals surface area contributed by atoms with Crippen LogP contribution >= 0.6 is 0 Å². The van der Waals surface area contributed by atoms with Crippen LogP contribution in [0.3, 0.4) is 0 Å². The van der Waals surface area contributed by atoms with Gasteiger partial charge in [-0.1, -0.05) is 13.8 Å². The summed E-state index contributed by atoms with van der Waals surface area (Å²) in [6.45, 7) is 4.72. The third-order valence-electron chi connectivity index (χ3n) is 3.99. The molecule has 1 N–H and O–H groups in total. The van der Waals surface area contributed by atoms with Gasteiger partial charge in [0.25, 0.3) is 0 Å². The smallest absolute Gasteiger partial charge is 0.243 e. The monoisotopic (exact) mass is 349 g/mol. The predicted molar refractivity (Wildman–Crippen MR) is 90.5 cm³/mol. The zero-order valence-electron chi connectivity index (χ0n) is 14.0. The number of carbonyl (C=O) groups is 1. The number of rotatable bonds is 5. The highest BCUT2D eigenvalue weighted by Crippen LogP contribution is 2.24. The fraction of sp³-hybridized carbons (Fsp3) is 0.529. The molecule has 0 bridgehead atoms. The zero-order valence-corrected chi connectivity index (χ0v) is 14.8. The fourth-order valence-corrected chi connectivity index (χ4v) is 4.57. The molecule has 1 atom stereocenters. The highest BCUT2D eigenvalue weighted by Gasteiger charge is 2.36. The molecule has 1 aliphatic heterocycles. The minimum absolute atomic E-state index is 0.0919. The first-order chi connectivity index (χ1) is 11.4. The van der Waals surface area contributed by atoms with E-state index >= 15 is 0 Å². The van der Waals surface area contributed by atoms with E-state index in [2.05, 4.69) is 5.32 Å². The summed E-state index contributed by atoms with van der Waals surface area (Å²) in [5.74, 6) is -0.139. The standard InChI is InChI=1S/C17H23N3O3S/c1-13(2)12-20(16-5-3-4-10-19-17(16)21)24(22,23)15-8-6-14(11-18)7-9-15/h6-9,13,16H,3-5,10,12H2,1-2H3,(H,19,21). The number of carbonyl (C=O) groups excluding carboxylic acids is 1. The average Bonchev–Trinajstić information content (AvgIpc) is 2.77. The Morgan fingerprint density at radius 1 is 1.29 bits per heavy atom. The van der Waals surface area contributed by atoms with E-state index in [1.807, 2.05) is 19.9 Å². The van der Waals surface area contributed by atoms with Crippen molar-refractivity contribution < 1.29 is 13.2 Å². The van der Waals surface area contributed by atoms with Crippen LogP contribution in [-0.2, 0) is 14.8 Å². The number of nitrogens with zero attached hydrogens (tertiary/aromatic N) is 2.